The van der Waals surface area contributed by atoms with Crippen LogP contribution in [0.25, 0.3) is 0 Å². The Morgan fingerprint density at radius 1 is 1.09 bits per heavy atom. The van der Waals surface area contributed by atoms with Gasteiger partial charge in [-0.2, -0.15) is 0 Å². The lowest BCUT2D eigenvalue weighted by Gasteiger charge is -2.35. The summed E-state index contributed by atoms with van der Waals surface area (Å²) in [5.41, 5.74) is 1.62. The predicted octanol–water partition coefficient (Wildman–Crippen LogP) is 3.68. The molecule has 0 aromatic rings. The maximum Gasteiger partial charge on any atom is 0.00289 e. The second-order valence-electron chi connectivity index (χ2n) is 4.60. The van der Waals surface area contributed by atoms with Crippen LogP contribution in [0.5, 0.6) is 0 Å². The summed E-state index contributed by atoms with van der Waals surface area (Å²) in [5, 5.41) is 0.318. The maximum atomic E-state index is 4.18. The standard InChI is InChI=1S/C10H21P/c1-8(9(2,3)4)10(5,6)11-7/h11H,1H2,2-7H3. The van der Waals surface area contributed by atoms with Gasteiger partial charge < -0.3 is 0 Å². The molecule has 1 unspecified atom stereocenters. The topological polar surface area (TPSA) is 0 Å². The Bertz CT molecular complexity index is 149. The van der Waals surface area contributed by atoms with E-state index in [1.54, 1.807) is 0 Å². The number of hydrogen-bond acceptors (Lipinski definition) is 0. The summed E-state index contributed by atoms with van der Waals surface area (Å²) in [6, 6.07) is 0. The van der Waals surface area contributed by atoms with E-state index in [1.165, 1.54) is 5.57 Å². The largest absolute Gasteiger partial charge is 0.115 e. The molecule has 0 aromatic carbocycles. The third kappa shape index (κ3) is 2.95. The van der Waals surface area contributed by atoms with Crippen molar-refractivity contribution >= 4 is 8.58 Å². The first-order chi connectivity index (χ1) is 4.72. The molecule has 0 radical (unpaired) electrons. The average Bonchev–Trinajstić information content (AvgIpc) is 1.84. The summed E-state index contributed by atoms with van der Waals surface area (Å²) in [6.07, 6.45) is 0. The van der Waals surface area contributed by atoms with E-state index in [9.17, 15) is 0 Å². The molecular weight excluding hydrogens is 151 g/mol. The van der Waals surface area contributed by atoms with Gasteiger partial charge in [-0.15, -0.1) is 8.58 Å². The Morgan fingerprint density at radius 3 is 1.55 bits per heavy atom. The van der Waals surface area contributed by atoms with Gasteiger partial charge in [0.05, 0.1) is 0 Å². The highest BCUT2D eigenvalue weighted by atomic mass is 31.1. The maximum absolute atomic E-state index is 4.18. The van der Waals surface area contributed by atoms with Crippen LogP contribution >= 0.6 is 8.58 Å². The van der Waals surface area contributed by atoms with Gasteiger partial charge in [-0.3, -0.25) is 0 Å². The molecule has 0 rings (SSSR count). The Hall–Kier alpha value is 0.170. The normalized spacial score (nSPS) is 14.4. The van der Waals surface area contributed by atoms with Crippen LogP contribution < -0.4 is 0 Å². The van der Waals surface area contributed by atoms with Crippen LogP contribution in [0.4, 0.5) is 0 Å². The quantitative estimate of drug-likeness (QED) is 0.440. The van der Waals surface area contributed by atoms with Gasteiger partial charge in [0.2, 0.25) is 0 Å². The first-order valence-electron chi connectivity index (χ1n) is 4.10. The molecule has 0 saturated heterocycles. The van der Waals surface area contributed by atoms with Crippen LogP contribution in [0.3, 0.4) is 0 Å². The number of hydrogen-bond donors (Lipinski definition) is 0. The van der Waals surface area contributed by atoms with Crippen LogP contribution in [0.15, 0.2) is 12.2 Å². The minimum atomic E-state index is 0.256. The molecule has 0 aliphatic heterocycles. The van der Waals surface area contributed by atoms with E-state index < -0.39 is 0 Å². The first kappa shape index (κ1) is 11.2. The fourth-order valence-electron chi connectivity index (χ4n) is 1.09. The molecule has 1 atom stereocenters. The zero-order chi connectivity index (χ0) is 9.28. The Balaban J connectivity index is 4.50. The van der Waals surface area contributed by atoms with E-state index in [-0.39, 0.29) is 5.41 Å². The van der Waals surface area contributed by atoms with Crippen molar-refractivity contribution in [3.63, 3.8) is 0 Å². The van der Waals surface area contributed by atoms with Crippen molar-refractivity contribution in [3.05, 3.63) is 12.2 Å². The van der Waals surface area contributed by atoms with E-state index >= 15 is 0 Å². The summed E-state index contributed by atoms with van der Waals surface area (Å²) in [5.74, 6) is 0. The van der Waals surface area contributed by atoms with Crippen molar-refractivity contribution in [2.45, 2.75) is 39.8 Å². The second-order valence-corrected chi connectivity index (χ2v) is 6.35. The zero-order valence-corrected chi connectivity index (χ0v) is 9.71. The fourth-order valence-corrected chi connectivity index (χ4v) is 1.77. The van der Waals surface area contributed by atoms with Gasteiger partial charge >= 0.3 is 0 Å². The van der Waals surface area contributed by atoms with Crippen molar-refractivity contribution in [2.75, 3.05) is 6.66 Å². The highest BCUT2D eigenvalue weighted by Crippen LogP contribution is 2.42. The van der Waals surface area contributed by atoms with E-state index in [0.717, 1.165) is 8.58 Å². The van der Waals surface area contributed by atoms with E-state index in [1.807, 2.05) is 0 Å². The smallest absolute Gasteiger partial charge is 0.00289 e. The molecule has 0 fully saturated rings. The minimum absolute atomic E-state index is 0.256. The summed E-state index contributed by atoms with van der Waals surface area (Å²) >= 11 is 0. The second kappa shape index (κ2) is 3.27. The SMILES string of the molecule is C=C(C(C)(C)C)C(C)(C)PC. The minimum Gasteiger partial charge on any atom is -0.115 e. The average molecular weight is 172 g/mol. The van der Waals surface area contributed by atoms with Crippen LogP contribution in [0.1, 0.15) is 34.6 Å². The van der Waals surface area contributed by atoms with E-state index in [0.29, 0.717) is 5.16 Å². The Morgan fingerprint density at radius 2 is 1.45 bits per heavy atom. The molecule has 0 aliphatic carbocycles. The first-order valence-corrected chi connectivity index (χ1v) is 5.60. The van der Waals surface area contributed by atoms with Crippen molar-refractivity contribution in [2.24, 2.45) is 5.41 Å². The molecule has 0 heterocycles. The van der Waals surface area contributed by atoms with Gasteiger partial charge in [0.25, 0.3) is 0 Å². The molecule has 0 spiro atoms. The zero-order valence-electron chi connectivity index (χ0n) is 8.71. The van der Waals surface area contributed by atoms with Gasteiger partial charge in [-0.05, 0) is 12.1 Å². The molecule has 1 heteroatoms. The molecule has 0 aliphatic rings. The lowest BCUT2D eigenvalue weighted by molar-refractivity contribution is 0.464. The molecule has 0 N–H and O–H groups in total. The third-order valence-electron chi connectivity index (χ3n) is 2.28. The molecule has 0 saturated carbocycles. The monoisotopic (exact) mass is 172 g/mol. The van der Waals surface area contributed by atoms with Gasteiger partial charge in [0.15, 0.2) is 0 Å². The van der Waals surface area contributed by atoms with Crippen LogP contribution in [0, 0.1) is 5.41 Å². The fraction of sp³-hybridized carbons (Fsp3) is 0.800. The molecule has 0 bridgehead atoms. The van der Waals surface area contributed by atoms with Crippen LogP contribution in [-0.2, 0) is 0 Å². The summed E-state index contributed by atoms with van der Waals surface area (Å²) in [4.78, 5) is 0. The van der Waals surface area contributed by atoms with Gasteiger partial charge in [-0.1, -0.05) is 46.8 Å². The van der Waals surface area contributed by atoms with Gasteiger partial charge in [0.1, 0.15) is 0 Å². The number of rotatable bonds is 2. The highest BCUT2D eigenvalue weighted by Gasteiger charge is 2.28. The summed E-state index contributed by atoms with van der Waals surface area (Å²) in [7, 11) is 0.939. The molecule has 66 valence electrons. The van der Waals surface area contributed by atoms with E-state index in [4.69, 9.17) is 0 Å². The summed E-state index contributed by atoms with van der Waals surface area (Å²) in [6.45, 7) is 17.7. The number of allylic oxidation sites excluding steroid dienone is 1. The van der Waals surface area contributed by atoms with E-state index in [2.05, 4.69) is 47.9 Å². The van der Waals surface area contributed by atoms with Crippen LogP contribution in [-0.4, -0.2) is 11.8 Å². The van der Waals surface area contributed by atoms with Crippen molar-refractivity contribution in [3.8, 4) is 0 Å². The van der Waals surface area contributed by atoms with Gasteiger partial charge in [0, 0.05) is 5.16 Å². The van der Waals surface area contributed by atoms with Crippen LogP contribution in [0.2, 0.25) is 0 Å². The molecule has 0 nitrogen and oxygen atoms in total. The van der Waals surface area contributed by atoms with Gasteiger partial charge in [-0.25, -0.2) is 0 Å². The molecular formula is C10H21P. The lowest BCUT2D eigenvalue weighted by atomic mass is 9.81. The van der Waals surface area contributed by atoms with Crippen molar-refractivity contribution in [1.82, 2.24) is 0 Å². The molecule has 11 heavy (non-hydrogen) atoms. The van der Waals surface area contributed by atoms with Crippen molar-refractivity contribution < 1.29 is 0 Å². The lowest BCUT2D eigenvalue weighted by Crippen LogP contribution is -2.25. The Labute approximate surface area is 73.2 Å². The Kier molecular flexibility index (Phi) is 3.32. The third-order valence-corrected chi connectivity index (χ3v) is 3.84. The highest BCUT2D eigenvalue weighted by molar-refractivity contribution is 7.39. The molecule has 0 amide bonds. The predicted molar refractivity (Wildman–Crippen MR) is 56.9 cm³/mol. The molecule has 0 aromatic heterocycles. The summed E-state index contributed by atoms with van der Waals surface area (Å²) < 4.78 is 0. The van der Waals surface area contributed by atoms with Crippen molar-refractivity contribution in [1.29, 1.82) is 0 Å².